The van der Waals surface area contributed by atoms with Gasteiger partial charge in [0.1, 0.15) is 6.10 Å². The van der Waals surface area contributed by atoms with Crippen LogP contribution < -0.4 is 0 Å². The van der Waals surface area contributed by atoms with Gasteiger partial charge in [-0.1, -0.05) is 19.8 Å². The molecule has 2 atom stereocenters. The Hall–Kier alpha value is -0.520. The average Bonchev–Trinajstić information content (AvgIpc) is 2.00. The first kappa shape index (κ1) is 11.5. The van der Waals surface area contributed by atoms with E-state index in [1.54, 1.807) is 6.92 Å². The quantitative estimate of drug-likeness (QED) is 0.622. The third kappa shape index (κ3) is 5.17. The van der Waals surface area contributed by atoms with Gasteiger partial charge in [0.15, 0.2) is 0 Å². The topological polar surface area (TPSA) is 40.5 Å². The Morgan fingerprint density at radius 3 is 2.17 bits per heavy atom. The Morgan fingerprint density at radius 2 is 1.75 bits per heavy atom. The van der Waals surface area contributed by atoms with Crippen molar-refractivity contribution in [3.05, 3.63) is 0 Å². The number of aliphatic hydroxyl groups excluding tert-OH is 2. The fourth-order valence-electron chi connectivity index (χ4n) is 0.901. The number of aliphatic hydroxyl groups is 2. The lowest BCUT2D eigenvalue weighted by Crippen LogP contribution is -2.17. The Morgan fingerprint density at radius 1 is 1.17 bits per heavy atom. The van der Waals surface area contributed by atoms with Crippen LogP contribution in [0.3, 0.4) is 0 Å². The maximum absolute atomic E-state index is 9.38. The summed E-state index contributed by atoms with van der Waals surface area (Å²) in [4.78, 5) is 0. The van der Waals surface area contributed by atoms with Gasteiger partial charge in [0.2, 0.25) is 0 Å². The molecule has 1 unspecified atom stereocenters. The summed E-state index contributed by atoms with van der Waals surface area (Å²) in [5.41, 5.74) is 0. The summed E-state index contributed by atoms with van der Waals surface area (Å²) in [6.45, 7) is 5.62. The first-order valence-corrected chi connectivity index (χ1v) is 4.36. The summed E-state index contributed by atoms with van der Waals surface area (Å²) in [5, 5.41) is 18.6. The minimum absolute atomic E-state index is 0.256. The van der Waals surface area contributed by atoms with E-state index in [2.05, 4.69) is 11.8 Å². The van der Waals surface area contributed by atoms with Crippen LogP contribution in [0.25, 0.3) is 0 Å². The van der Waals surface area contributed by atoms with Gasteiger partial charge in [0.25, 0.3) is 0 Å². The minimum atomic E-state index is -0.580. The van der Waals surface area contributed by atoms with Crippen LogP contribution in [0.5, 0.6) is 0 Å². The van der Waals surface area contributed by atoms with Crippen LogP contribution in [-0.4, -0.2) is 22.4 Å². The van der Waals surface area contributed by atoms with Crippen molar-refractivity contribution in [2.45, 2.75) is 45.8 Å². The first-order valence-electron chi connectivity index (χ1n) is 4.36. The van der Waals surface area contributed by atoms with Crippen LogP contribution >= 0.6 is 0 Å². The number of hydrogen-bond acceptors (Lipinski definition) is 2. The molecular formula is C10H18O2. The lowest BCUT2D eigenvalue weighted by atomic mass is 10.0. The van der Waals surface area contributed by atoms with Gasteiger partial charge in [-0.15, -0.1) is 5.92 Å². The molecule has 2 N–H and O–H groups in total. The van der Waals surface area contributed by atoms with Gasteiger partial charge in [0, 0.05) is 0 Å². The lowest BCUT2D eigenvalue weighted by Gasteiger charge is -2.14. The third-order valence-electron chi connectivity index (χ3n) is 1.82. The molecule has 0 bridgehead atoms. The van der Waals surface area contributed by atoms with Crippen molar-refractivity contribution < 1.29 is 10.2 Å². The smallest absolute Gasteiger partial charge is 0.114 e. The zero-order chi connectivity index (χ0) is 9.56. The largest absolute Gasteiger partial charge is 0.393 e. The van der Waals surface area contributed by atoms with Gasteiger partial charge in [-0.2, -0.15) is 0 Å². The van der Waals surface area contributed by atoms with E-state index in [1.165, 1.54) is 0 Å². The van der Waals surface area contributed by atoms with Crippen LogP contribution in [0.2, 0.25) is 0 Å². The minimum Gasteiger partial charge on any atom is -0.393 e. The standard InChI is InChI=1S/C10H18O2/c1-4-5-9(11)6-7-10(12)8(2)3/h8-12H,6-7H2,1-3H3/t9?,10-/m1/s1. The van der Waals surface area contributed by atoms with Gasteiger partial charge in [-0.05, 0) is 25.7 Å². The highest BCUT2D eigenvalue weighted by atomic mass is 16.3. The molecule has 0 fully saturated rings. The highest BCUT2D eigenvalue weighted by Gasteiger charge is 2.10. The molecule has 2 nitrogen and oxygen atoms in total. The van der Waals surface area contributed by atoms with Crippen LogP contribution in [0.4, 0.5) is 0 Å². The number of rotatable bonds is 4. The van der Waals surface area contributed by atoms with Gasteiger partial charge < -0.3 is 10.2 Å². The molecule has 12 heavy (non-hydrogen) atoms. The first-order chi connectivity index (χ1) is 5.57. The van der Waals surface area contributed by atoms with Gasteiger partial charge >= 0.3 is 0 Å². The SMILES string of the molecule is CC#CC(O)CC[C@@H](O)C(C)C. The van der Waals surface area contributed by atoms with E-state index in [1.807, 2.05) is 13.8 Å². The monoisotopic (exact) mass is 170 g/mol. The molecule has 0 spiro atoms. The van der Waals surface area contributed by atoms with E-state index in [0.29, 0.717) is 12.8 Å². The van der Waals surface area contributed by atoms with E-state index in [9.17, 15) is 10.2 Å². The fourth-order valence-corrected chi connectivity index (χ4v) is 0.901. The summed E-state index contributed by atoms with van der Waals surface area (Å²) in [5.74, 6) is 5.53. The molecule has 2 heteroatoms. The molecular weight excluding hydrogens is 152 g/mol. The van der Waals surface area contributed by atoms with Gasteiger partial charge in [0.05, 0.1) is 6.10 Å². The summed E-state index contributed by atoms with van der Waals surface area (Å²) < 4.78 is 0. The highest BCUT2D eigenvalue weighted by molar-refractivity contribution is 5.01. The summed E-state index contributed by atoms with van der Waals surface area (Å²) >= 11 is 0. The summed E-state index contributed by atoms with van der Waals surface area (Å²) in [7, 11) is 0. The Kier molecular flexibility index (Phi) is 5.79. The highest BCUT2D eigenvalue weighted by Crippen LogP contribution is 2.09. The van der Waals surface area contributed by atoms with Crippen LogP contribution in [0, 0.1) is 17.8 Å². The van der Waals surface area contributed by atoms with Crippen molar-refractivity contribution in [3.8, 4) is 11.8 Å². The Balaban J connectivity index is 3.58. The van der Waals surface area contributed by atoms with Crippen molar-refractivity contribution in [2.75, 3.05) is 0 Å². The summed E-state index contributed by atoms with van der Waals surface area (Å²) in [6.07, 6.45) is 0.273. The molecule has 0 heterocycles. The van der Waals surface area contributed by atoms with Gasteiger partial charge in [-0.25, -0.2) is 0 Å². The van der Waals surface area contributed by atoms with E-state index < -0.39 is 6.10 Å². The Bertz CT molecular complexity index is 164. The third-order valence-corrected chi connectivity index (χ3v) is 1.82. The van der Waals surface area contributed by atoms with Crippen LogP contribution in [0.1, 0.15) is 33.6 Å². The molecule has 0 saturated carbocycles. The molecule has 0 aromatic carbocycles. The second-order valence-electron chi connectivity index (χ2n) is 3.30. The zero-order valence-corrected chi connectivity index (χ0v) is 8.04. The maximum atomic E-state index is 9.38. The van der Waals surface area contributed by atoms with E-state index in [-0.39, 0.29) is 12.0 Å². The molecule has 0 radical (unpaired) electrons. The molecule has 0 aromatic heterocycles. The lowest BCUT2D eigenvalue weighted by molar-refractivity contribution is 0.0979. The maximum Gasteiger partial charge on any atom is 0.114 e. The molecule has 0 rings (SSSR count). The van der Waals surface area contributed by atoms with Crippen molar-refractivity contribution in [2.24, 2.45) is 5.92 Å². The van der Waals surface area contributed by atoms with Crippen molar-refractivity contribution in [1.29, 1.82) is 0 Å². The predicted octanol–water partition coefficient (Wildman–Crippen LogP) is 1.17. The molecule has 0 aliphatic heterocycles. The zero-order valence-electron chi connectivity index (χ0n) is 8.04. The van der Waals surface area contributed by atoms with E-state index in [0.717, 1.165) is 0 Å². The van der Waals surface area contributed by atoms with Crippen molar-refractivity contribution in [3.63, 3.8) is 0 Å². The van der Waals surface area contributed by atoms with Crippen LogP contribution in [-0.2, 0) is 0 Å². The molecule has 70 valence electrons. The van der Waals surface area contributed by atoms with E-state index in [4.69, 9.17) is 0 Å². The summed E-state index contributed by atoms with van der Waals surface area (Å²) in [6, 6.07) is 0. The fraction of sp³-hybridized carbons (Fsp3) is 0.800. The molecule has 0 saturated heterocycles. The van der Waals surface area contributed by atoms with Crippen molar-refractivity contribution >= 4 is 0 Å². The number of hydrogen-bond donors (Lipinski definition) is 2. The van der Waals surface area contributed by atoms with Gasteiger partial charge in [-0.3, -0.25) is 0 Å². The molecule has 0 aromatic rings. The normalized spacial score (nSPS) is 15.2. The van der Waals surface area contributed by atoms with Crippen molar-refractivity contribution in [1.82, 2.24) is 0 Å². The Labute approximate surface area is 74.6 Å². The van der Waals surface area contributed by atoms with Crippen LogP contribution in [0.15, 0.2) is 0 Å². The molecule has 0 amide bonds. The second kappa shape index (κ2) is 6.05. The van der Waals surface area contributed by atoms with E-state index >= 15 is 0 Å². The average molecular weight is 170 g/mol. The predicted molar refractivity (Wildman–Crippen MR) is 49.5 cm³/mol. The molecule has 0 aliphatic carbocycles. The second-order valence-corrected chi connectivity index (χ2v) is 3.30. The molecule has 0 aliphatic rings.